The first-order chi connectivity index (χ1) is 21.2. The van der Waals surface area contributed by atoms with Crippen LogP contribution in [0.1, 0.15) is 63.1 Å². The maximum Gasteiger partial charge on any atom is 0.410 e. The molecule has 254 valence electrons. The highest BCUT2D eigenvalue weighted by atomic mass is 35.5. The van der Waals surface area contributed by atoms with Crippen molar-refractivity contribution in [3.63, 3.8) is 0 Å². The van der Waals surface area contributed by atoms with Gasteiger partial charge in [0.15, 0.2) is 9.84 Å². The van der Waals surface area contributed by atoms with Crippen molar-refractivity contribution in [1.29, 1.82) is 0 Å². The fraction of sp³-hybridized carbons (Fsp3) is 0.562. The van der Waals surface area contributed by atoms with Gasteiger partial charge in [-0.1, -0.05) is 53.5 Å². The molecule has 2 aromatic rings. The van der Waals surface area contributed by atoms with Gasteiger partial charge >= 0.3 is 12.3 Å². The number of alkyl halides is 3. The van der Waals surface area contributed by atoms with Gasteiger partial charge in [0.1, 0.15) is 16.8 Å². The van der Waals surface area contributed by atoms with E-state index in [-0.39, 0.29) is 28.8 Å². The number of carbonyl (C=O) groups excluding carboxylic acids is 2. The fourth-order valence-corrected chi connectivity index (χ4v) is 9.10. The summed E-state index contributed by atoms with van der Waals surface area (Å²) in [5.74, 6) is -1.16. The number of rotatable bonds is 8. The molecule has 2 aromatic carbocycles. The standard InChI is InChI=1S/C32H40Cl2F3N3O5S/c1-29(2,3)45-28(42)39(5)30(23-10-11-25(33)26(34)18-23,21-38(4)27(41)19-32(35,36)37)12-15-40-16-13-31(14-17-40)24-9-7-6-8-22(24)20-46(31,43)44/h6-11,18H,12-17,19-21H2,1-5H3/t30-/m1/s1. The smallest absolute Gasteiger partial charge is 0.410 e. The number of hydrogen-bond acceptors (Lipinski definition) is 6. The molecule has 0 radical (unpaired) electrons. The highest BCUT2D eigenvalue weighted by Crippen LogP contribution is 2.49. The van der Waals surface area contributed by atoms with Crippen LogP contribution in [0.2, 0.25) is 10.0 Å². The largest absolute Gasteiger partial charge is 0.444 e. The average molecular weight is 707 g/mol. The summed E-state index contributed by atoms with van der Waals surface area (Å²) in [6.45, 7) is 5.96. The molecule has 0 bridgehead atoms. The van der Waals surface area contributed by atoms with E-state index in [9.17, 15) is 31.2 Å². The molecule has 1 spiro atoms. The number of sulfone groups is 1. The van der Waals surface area contributed by atoms with E-state index in [0.717, 1.165) is 16.0 Å². The van der Waals surface area contributed by atoms with Crippen LogP contribution in [0.15, 0.2) is 42.5 Å². The molecule has 0 aromatic heterocycles. The van der Waals surface area contributed by atoms with E-state index in [1.165, 1.54) is 25.1 Å². The van der Waals surface area contributed by atoms with Crippen molar-refractivity contribution >= 4 is 45.0 Å². The first-order valence-corrected chi connectivity index (χ1v) is 17.4. The number of nitrogens with zero attached hydrogens (tertiary/aromatic N) is 3. The van der Waals surface area contributed by atoms with Gasteiger partial charge in [0, 0.05) is 27.2 Å². The van der Waals surface area contributed by atoms with Crippen LogP contribution in [0.4, 0.5) is 18.0 Å². The van der Waals surface area contributed by atoms with E-state index >= 15 is 0 Å². The predicted molar refractivity (Wildman–Crippen MR) is 171 cm³/mol. The molecular weight excluding hydrogens is 666 g/mol. The molecule has 2 heterocycles. The lowest BCUT2D eigenvalue weighted by Gasteiger charge is -2.46. The summed E-state index contributed by atoms with van der Waals surface area (Å²) in [7, 11) is -0.691. The Bertz CT molecular complexity index is 1570. The lowest BCUT2D eigenvalue weighted by Crippen LogP contribution is -2.57. The summed E-state index contributed by atoms with van der Waals surface area (Å²) in [5.41, 5.74) is -0.192. The summed E-state index contributed by atoms with van der Waals surface area (Å²) < 4.78 is 71.3. The minimum Gasteiger partial charge on any atom is -0.444 e. The quantitative estimate of drug-likeness (QED) is 0.301. The van der Waals surface area contributed by atoms with E-state index < -0.39 is 50.3 Å². The zero-order valence-corrected chi connectivity index (χ0v) is 28.9. The topological polar surface area (TPSA) is 87.2 Å². The third kappa shape index (κ3) is 7.61. The Labute approximate surface area is 278 Å². The summed E-state index contributed by atoms with van der Waals surface area (Å²) in [6.07, 6.45) is -6.24. The second-order valence-electron chi connectivity index (χ2n) is 13.2. The number of carbonyl (C=O) groups is 2. The molecule has 0 unspecified atom stereocenters. The molecule has 1 atom stereocenters. The molecule has 4 rings (SSSR count). The zero-order chi connectivity index (χ0) is 34.3. The van der Waals surface area contributed by atoms with E-state index in [4.69, 9.17) is 27.9 Å². The van der Waals surface area contributed by atoms with Crippen molar-refractivity contribution in [3.8, 4) is 0 Å². The molecule has 14 heteroatoms. The van der Waals surface area contributed by atoms with E-state index in [1.807, 2.05) is 24.3 Å². The lowest BCUT2D eigenvalue weighted by molar-refractivity contribution is -0.161. The van der Waals surface area contributed by atoms with Crippen molar-refractivity contribution in [2.24, 2.45) is 0 Å². The van der Waals surface area contributed by atoms with Crippen LogP contribution in [0.25, 0.3) is 0 Å². The molecule has 46 heavy (non-hydrogen) atoms. The van der Waals surface area contributed by atoms with Crippen molar-refractivity contribution in [1.82, 2.24) is 14.7 Å². The number of benzene rings is 2. The Balaban J connectivity index is 1.69. The Kier molecular flexibility index (Phi) is 10.4. The molecule has 0 N–H and O–H groups in total. The van der Waals surface area contributed by atoms with Gasteiger partial charge < -0.3 is 14.5 Å². The molecular formula is C32H40Cl2F3N3O5S. The minimum atomic E-state index is -4.72. The van der Waals surface area contributed by atoms with Crippen LogP contribution in [-0.2, 0) is 35.4 Å². The van der Waals surface area contributed by atoms with Crippen LogP contribution >= 0.6 is 23.2 Å². The number of amides is 2. The molecule has 2 amide bonds. The third-order valence-corrected chi connectivity index (χ3v) is 12.2. The van der Waals surface area contributed by atoms with Crippen molar-refractivity contribution in [2.75, 3.05) is 40.3 Å². The van der Waals surface area contributed by atoms with Gasteiger partial charge in [0.25, 0.3) is 0 Å². The Morgan fingerprint density at radius 1 is 1.00 bits per heavy atom. The summed E-state index contributed by atoms with van der Waals surface area (Å²) in [4.78, 5) is 30.7. The van der Waals surface area contributed by atoms with Crippen molar-refractivity contribution in [3.05, 3.63) is 69.2 Å². The van der Waals surface area contributed by atoms with Crippen LogP contribution in [0.5, 0.6) is 0 Å². The molecule has 0 saturated carbocycles. The SMILES string of the molecule is CN(C[C@](CCN1CCC2(CC1)c1ccccc1CS2(=O)=O)(c1ccc(Cl)c(Cl)c1)N(C)C(=O)OC(C)(C)C)C(=O)CC(F)(F)F. The average Bonchev–Trinajstić information content (AvgIpc) is 3.16. The number of likely N-dealkylation sites (N-methyl/N-ethyl adjacent to an activating group) is 2. The highest BCUT2D eigenvalue weighted by molar-refractivity contribution is 7.92. The summed E-state index contributed by atoms with van der Waals surface area (Å²) >= 11 is 12.6. The van der Waals surface area contributed by atoms with Gasteiger partial charge in [-0.25, -0.2) is 13.2 Å². The van der Waals surface area contributed by atoms with Crippen LogP contribution in [0.3, 0.4) is 0 Å². The number of piperidine rings is 1. The first-order valence-electron chi connectivity index (χ1n) is 15.0. The second-order valence-corrected chi connectivity index (χ2v) is 16.4. The summed E-state index contributed by atoms with van der Waals surface area (Å²) in [5, 5.41) is 0.399. The Morgan fingerprint density at radius 3 is 2.22 bits per heavy atom. The van der Waals surface area contributed by atoms with E-state index in [2.05, 4.69) is 4.90 Å². The molecule has 8 nitrogen and oxygen atoms in total. The summed E-state index contributed by atoms with van der Waals surface area (Å²) in [6, 6.07) is 12.1. The van der Waals surface area contributed by atoms with E-state index in [1.54, 1.807) is 32.9 Å². The van der Waals surface area contributed by atoms with Crippen LogP contribution in [0, 0.1) is 0 Å². The minimum absolute atomic E-state index is 0.00256. The second kappa shape index (κ2) is 13.2. The fourth-order valence-electron chi connectivity index (χ4n) is 6.52. The maximum atomic E-state index is 13.6. The van der Waals surface area contributed by atoms with E-state index in [0.29, 0.717) is 38.0 Å². The van der Waals surface area contributed by atoms with Crippen molar-refractivity contribution < 1.29 is 35.9 Å². The monoisotopic (exact) mass is 705 g/mol. The molecule has 1 fully saturated rings. The molecule has 1 saturated heterocycles. The van der Waals surface area contributed by atoms with Crippen molar-refractivity contribution in [2.45, 2.75) is 74.3 Å². The number of fused-ring (bicyclic) bond motifs is 2. The third-order valence-electron chi connectivity index (χ3n) is 9.00. The van der Waals surface area contributed by atoms with Gasteiger partial charge in [-0.05, 0) is 81.9 Å². The Hall–Kier alpha value is -2.54. The Morgan fingerprint density at radius 2 is 1.63 bits per heavy atom. The maximum absolute atomic E-state index is 13.6. The number of halogens is 5. The first kappa shape index (κ1) is 36.3. The van der Waals surface area contributed by atoms with Gasteiger partial charge in [-0.15, -0.1) is 0 Å². The zero-order valence-electron chi connectivity index (χ0n) is 26.6. The normalized spacial score (nSPS) is 18.9. The van der Waals surface area contributed by atoms with Gasteiger partial charge in [0.2, 0.25) is 5.91 Å². The lowest BCUT2D eigenvalue weighted by atomic mass is 9.83. The number of hydrogen-bond donors (Lipinski definition) is 0. The van der Waals surface area contributed by atoms with Crippen LogP contribution in [-0.4, -0.2) is 87.2 Å². The van der Waals surface area contributed by atoms with Gasteiger partial charge in [0.05, 0.1) is 21.3 Å². The number of ether oxygens (including phenoxy) is 1. The highest BCUT2D eigenvalue weighted by Gasteiger charge is 2.53. The van der Waals surface area contributed by atoms with Gasteiger partial charge in [-0.3, -0.25) is 9.69 Å². The molecule has 2 aliphatic rings. The van der Waals surface area contributed by atoms with Gasteiger partial charge in [-0.2, -0.15) is 13.2 Å². The molecule has 2 aliphatic heterocycles. The van der Waals surface area contributed by atoms with Crippen LogP contribution < -0.4 is 0 Å². The molecule has 0 aliphatic carbocycles. The predicted octanol–water partition coefficient (Wildman–Crippen LogP) is 6.78. The number of likely N-dealkylation sites (tertiary alicyclic amines) is 1.